The van der Waals surface area contributed by atoms with Gasteiger partial charge in [-0.3, -0.25) is 9.69 Å². The molecular formula is C16H30N4O. The number of hydrogen-bond acceptors (Lipinski definition) is 4. The molecule has 0 aromatic rings. The molecule has 1 aliphatic heterocycles. The van der Waals surface area contributed by atoms with Gasteiger partial charge >= 0.3 is 0 Å². The topological polar surface area (TPSA) is 61.6 Å². The second-order valence-electron chi connectivity index (χ2n) is 7.00. The summed E-state index contributed by atoms with van der Waals surface area (Å²) in [5.74, 6) is -0.188. The van der Waals surface area contributed by atoms with Crippen molar-refractivity contribution in [2.45, 2.75) is 63.1 Å². The molecule has 5 heteroatoms. The first-order valence-electron chi connectivity index (χ1n) is 8.74. The first-order valence-corrected chi connectivity index (χ1v) is 8.74. The molecule has 120 valence electrons. The summed E-state index contributed by atoms with van der Waals surface area (Å²) in [7, 11) is 0. The van der Waals surface area contributed by atoms with E-state index in [0.29, 0.717) is 6.04 Å². The van der Waals surface area contributed by atoms with Gasteiger partial charge in [0.15, 0.2) is 0 Å². The van der Waals surface area contributed by atoms with Crippen LogP contribution in [-0.2, 0) is 4.79 Å². The molecule has 0 aromatic heterocycles. The van der Waals surface area contributed by atoms with Crippen LogP contribution in [0.2, 0.25) is 0 Å². The number of piperazine rings is 1. The van der Waals surface area contributed by atoms with Crippen molar-refractivity contribution in [3.05, 3.63) is 0 Å². The van der Waals surface area contributed by atoms with Crippen molar-refractivity contribution in [1.82, 2.24) is 15.1 Å². The predicted molar refractivity (Wildman–Crippen MR) is 84.0 cm³/mol. The molecule has 0 radical (unpaired) electrons. The van der Waals surface area contributed by atoms with E-state index in [-0.39, 0.29) is 11.9 Å². The first kappa shape index (κ1) is 15.3. The fraction of sp³-hybridized carbons (Fsp3) is 0.938. The lowest BCUT2D eigenvalue weighted by atomic mass is 10.1. The molecular weight excluding hydrogens is 264 g/mol. The Kier molecular flexibility index (Phi) is 5.14. The van der Waals surface area contributed by atoms with E-state index in [1.54, 1.807) is 0 Å². The SMILES string of the molecule is NC(=O)C(CCN1CCN(C2CCCC2)CC1)NC1CC1. The number of hydrogen-bond donors (Lipinski definition) is 2. The lowest BCUT2D eigenvalue weighted by Gasteiger charge is -2.38. The summed E-state index contributed by atoms with van der Waals surface area (Å²) in [5, 5.41) is 3.37. The molecule has 5 nitrogen and oxygen atoms in total. The van der Waals surface area contributed by atoms with Crippen molar-refractivity contribution < 1.29 is 4.79 Å². The van der Waals surface area contributed by atoms with Gasteiger partial charge < -0.3 is 16.0 Å². The molecule has 0 bridgehead atoms. The number of carbonyl (C=O) groups is 1. The Hall–Kier alpha value is -0.650. The van der Waals surface area contributed by atoms with Gasteiger partial charge in [-0.15, -0.1) is 0 Å². The third-order valence-corrected chi connectivity index (χ3v) is 5.34. The Balaban J connectivity index is 1.36. The largest absolute Gasteiger partial charge is 0.368 e. The highest BCUT2D eigenvalue weighted by Gasteiger charge is 2.29. The molecule has 1 amide bonds. The van der Waals surface area contributed by atoms with Crippen molar-refractivity contribution in [3.63, 3.8) is 0 Å². The van der Waals surface area contributed by atoms with Crippen LogP contribution in [0.5, 0.6) is 0 Å². The Morgan fingerprint density at radius 1 is 1.10 bits per heavy atom. The monoisotopic (exact) mass is 294 g/mol. The Labute approximate surface area is 128 Å². The number of nitrogens with two attached hydrogens (primary N) is 1. The van der Waals surface area contributed by atoms with Crippen molar-refractivity contribution in [3.8, 4) is 0 Å². The lowest BCUT2D eigenvalue weighted by molar-refractivity contribution is -0.120. The number of rotatable bonds is 7. The number of carbonyl (C=O) groups excluding carboxylic acids is 1. The molecule has 0 spiro atoms. The maximum atomic E-state index is 11.5. The van der Waals surface area contributed by atoms with Gasteiger partial charge in [-0.05, 0) is 32.1 Å². The predicted octanol–water partition coefficient (Wildman–Crippen LogP) is 0.543. The summed E-state index contributed by atoms with van der Waals surface area (Å²) in [5.41, 5.74) is 5.50. The van der Waals surface area contributed by atoms with E-state index in [0.717, 1.165) is 32.1 Å². The van der Waals surface area contributed by atoms with Crippen LogP contribution in [0.25, 0.3) is 0 Å². The summed E-state index contributed by atoms with van der Waals surface area (Å²) in [4.78, 5) is 16.7. The molecule has 1 saturated heterocycles. The molecule has 3 rings (SSSR count). The molecule has 0 aromatic carbocycles. The third-order valence-electron chi connectivity index (χ3n) is 5.34. The highest BCUT2D eigenvalue weighted by Crippen LogP contribution is 2.24. The quantitative estimate of drug-likeness (QED) is 0.719. The Morgan fingerprint density at radius 3 is 2.33 bits per heavy atom. The number of primary amides is 1. The normalized spacial score (nSPS) is 27.0. The van der Waals surface area contributed by atoms with E-state index in [9.17, 15) is 4.79 Å². The summed E-state index contributed by atoms with van der Waals surface area (Å²) >= 11 is 0. The number of amides is 1. The van der Waals surface area contributed by atoms with Crippen LogP contribution in [0.3, 0.4) is 0 Å². The van der Waals surface area contributed by atoms with Crippen molar-refractivity contribution in [2.24, 2.45) is 5.73 Å². The van der Waals surface area contributed by atoms with E-state index >= 15 is 0 Å². The van der Waals surface area contributed by atoms with E-state index in [4.69, 9.17) is 5.73 Å². The van der Waals surface area contributed by atoms with E-state index < -0.39 is 0 Å². The van der Waals surface area contributed by atoms with Gasteiger partial charge in [0.05, 0.1) is 6.04 Å². The van der Waals surface area contributed by atoms with Gasteiger partial charge in [0.1, 0.15) is 0 Å². The first-order chi connectivity index (χ1) is 10.2. The van der Waals surface area contributed by atoms with Crippen LogP contribution >= 0.6 is 0 Å². The van der Waals surface area contributed by atoms with E-state index in [2.05, 4.69) is 15.1 Å². The fourth-order valence-corrected chi connectivity index (χ4v) is 3.78. The molecule has 2 aliphatic carbocycles. The zero-order valence-electron chi connectivity index (χ0n) is 13.1. The standard InChI is InChI=1S/C16H30N4O/c17-16(21)15(18-13-5-6-13)7-8-19-9-11-20(12-10-19)14-3-1-2-4-14/h13-15,18H,1-12H2,(H2,17,21). The van der Waals surface area contributed by atoms with Crippen LogP contribution in [0.15, 0.2) is 0 Å². The minimum absolute atomic E-state index is 0.134. The summed E-state index contributed by atoms with van der Waals surface area (Å²) in [6, 6.07) is 1.26. The average Bonchev–Trinajstić information content (AvgIpc) is 3.14. The second kappa shape index (κ2) is 7.07. The van der Waals surface area contributed by atoms with Gasteiger partial charge in [0.2, 0.25) is 5.91 Å². The minimum Gasteiger partial charge on any atom is -0.368 e. The van der Waals surface area contributed by atoms with E-state index in [1.807, 2.05) is 0 Å². The van der Waals surface area contributed by atoms with Gasteiger partial charge in [-0.2, -0.15) is 0 Å². The second-order valence-corrected chi connectivity index (χ2v) is 7.00. The molecule has 21 heavy (non-hydrogen) atoms. The van der Waals surface area contributed by atoms with Crippen molar-refractivity contribution >= 4 is 5.91 Å². The van der Waals surface area contributed by atoms with Crippen LogP contribution < -0.4 is 11.1 Å². The van der Waals surface area contributed by atoms with Crippen molar-refractivity contribution in [2.75, 3.05) is 32.7 Å². The summed E-state index contributed by atoms with van der Waals surface area (Å²) < 4.78 is 0. The van der Waals surface area contributed by atoms with Gasteiger partial charge in [-0.1, -0.05) is 12.8 Å². The Bertz CT molecular complexity index is 344. The Morgan fingerprint density at radius 2 is 1.76 bits per heavy atom. The number of nitrogens with zero attached hydrogens (tertiary/aromatic N) is 2. The highest BCUT2D eigenvalue weighted by molar-refractivity contribution is 5.79. The fourth-order valence-electron chi connectivity index (χ4n) is 3.78. The van der Waals surface area contributed by atoms with Gasteiger partial charge in [0.25, 0.3) is 0 Å². The highest BCUT2D eigenvalue weighted by atomic mass is 16.1. The van der Waals surface area contributed by atoms with Crippen LogP contribution in [0, 0.1) is 0 Å². The van der Waals surface area contributed by atoms with Crippen LogP contribution in [-0.4, -0.2) is 66.6 Å². The lowest BCUT2D eigenvalue weighted by Crippen LogP contribution is -2.51. The number of nitrogens with one attached hydrogen (secondary N) is 1. The molecule has 3 N–H and O–H groups in total. The van der Waals surface area contributed by atoms with Gasteiger partial charge in [0, 0.05) is 44.8 Å². The molecule has 2 saturated carbocycles. The zero-order valence-corrected chi connectivity index (χ0v) is 13.1. The molecule has 3 aliphatic rings. The molecule has 1 heterocycles. The third kappa shape index (κ3) is 4.41. The zero-order chi connectivity index (χ0) is 14.7. The smallest absolute Gasteiger partial charge is 0.234 e. The van der Waals surface area contributed by atoms with Crippen molar-refractivity contribution in [1.29, 1.82) is 0 Å². The molecule has 3 fully saturated rings. The van der Waals surface area contributed by atoms with Gasteiger partial charge in [-0.25, -0.2) is 0 Å². The summed E-state index contributed by atoms with van der Waals surface area (Å²) in [6.45, 7) is 5.67. The van der Waals surface area contributed by atoms with E-state index in [1.165, 1.54) is 51.6 Å². The maximum Gasteiger partial charge on any atom is 0.234 e. The van der Waals surface area contributed by atoms with Crippen LogP contribution in [0.1, 0.15) is 44.9 Å². The maximum absolute atomic E-state index is 11.5. The average molecular weight is 294 g/mol. The molecule has 1 unspecified atom stereocenters. The minimum atomic E-state index is -0.188. The summed E-state index contributed by atoms with van der Waals surface area (Å²) in [6.07, 6.45) is 8.88. The molecule has 1 atom stereocenters. The van der Waals surface area contributed by atoms with Crippen LogP contribution in [0.4, 0.5) is 0 Å².